The van der Waals surface area contributed by atoms with Crippen LogP contribution in [0.1, 0.15) is 35.4 Å². The molecule has 3 aromatic rings. The Morgan fingerprint density at radius 1 is 0.868 bits per heavy atom. The van der Waals surface area contributed by atoms with E-state index in [-0.39, 0.29) is 18.4 Å². The Hall–Kier alpha value is -5.01. The summed E-state index contributed by atoms with van der Waals surface area (Å²) in [4.78, 5) is 53.1. The van der Waals surface area contributed by atoms with Crippen molar-refractivity contribution < 1.29 is 51.7 Å². The number of ether oxygens (including phenoxy) is 3. The van der Waals surface area contributed by atoms with Gasteiger partial charge in [-0.05, 0) is 72.9 Å². The number of halogens is 5. The predicted molar refractivity (Wildman–Crippen MR) is 188 cm³/mol. The van der Waals surface area contributed by atoms with Gasteiger partial charge in [-0.2, -0.15) is 0 Å². The van der Waals surface area contributed by atoms with Crippen molar-refractivity contribution in [3.63, 3.8) is 0 Å². The number of imide groups is 2. The molecule has 7 rings (SSSR count). The maximum absolute atomic E-state index is 14.3. The number of anilines is 1. The van der Waals surface area contributed by atoms with Crippen LogP contribution in [0.5, 0.6) is 23.0 Å². The first-order valence-corrected chi connectivity index (χ1v) is 17.2. The van der Waals surface area contributed by atoms with Crippen molar-refractivity contribution in [2.75, 3.05) is 26.2 Å². The topological polar surface area (TPSA) is 123 Å². The van der Waals surface area contributed by atoms with Gasteiger partial charge in [0.1, 0.15) is 23.0 Å². The van der Waals surface area contributed by atoms with Gasteiger partial charge in [0.05, 0.1) is 31.7 Å². The number of allylic oxidation sites excluding steroid dienone is 2. The van der Waals surface area contributed by atoms with Crippen LogP contribution in [0, 0.1) is 17.8 Å². The van der Waals surface area contributed by atoms with Crippen LogP contribution in [-0.2, 0) is 19.2 Å². The van der Waals surface area contributed by atoms with Gasteiger partial charge < -0.3 is 19.3 Å². The summed E-state index contributed by atoms with van der Waals surface area (Å²) in [6.07, 6.45) is -0.145. The zero-order valence-electron chi connectivity index (χ0n) is 28.3. The molecule has 10 nitrogen and oxygen atoms in total. The van der Waals surface area contributed by atoms with Crippen LogP contribution in [-0.4, -0.2) is 71.0 Å². The molecule has 0 bridgehead atoms. The quantitative estimate of drug-likeness (QED) is 0.122. The number of carbonyl (C=O) groups excluding carboxylic acids is 4. The molecule has 2 saturated heterocycles. The minimum Gasteiger partial charge on any atom is -0.508 e. The number of phenolic OH excluding ortho intramolecular Hbond substituents is 1. The first-order valence-electron chi connectivity index (χ1n) is 16.4. The van der Waals surface area contributed by atoms with E-state index in [1.54, 1.807) is 56.7 Å². The van der Waals surface area contributed by atoms with Crippen LogP contribution in [0.25, 0.3) is 12.2 Å². The van der Waals surface area contributed by atoms with E-state index in [4.69, 9.17) is 32.7 Å². The molecular weight excluding hydrogens is 740 g/mol. The average Bonchev–Trinajstić information content (AvgIpc) is 3.45. The molecule has 3 fully saturated rings. The van der Waals surface area contributed by atoms with Gasteiger partial charge in [0.2, 0.25) is 11.8 Å². The number of hydrogen-bond acceptors (Lipinski definition) is 8. The number of benzene rings is 3. The summed E-state index contributed by atoms with van der Waals surface area (Å²) >= 11 is 14.2. The van der Waals surface area contributed by atoms with Crippen molar-refractivity contribution in [3.8, 4) is 23.0 Å². The number of alkyl halides is 5. The smallest absolute Gasteiger partial charge is 0.508 e. The van der Waals surface area contributed by atoms with Crippen LogP contribution < -0.4 is 19.1 Å². The van der Waals surface area contributed by atoms with E-state index < -0.39 is 74.9 Å². The Morgan fingerprint density at radius 3 is 2.23 bits per heavy atom. The fourth-order valence-corrected chi connectivity index (χ4v) is 9.21. The van der Waals surface area contributed by atoms with E-state index >= 15 is 0 Å². The third kappa shape index (κ3) is 5.63. The maximum atomic E-state index is 14.3. The summed E-state index contributed by atoms with van der Waals surface area (Å²) in [7, 11) is 4.29. The van der Waals surface area contributed by atoms with Crippen LogP contribution in [0.15, 0.2) is 72.3 Å². The highest BCUT2D eigenvalue weighted by atomic mass is 35.5. The molecule has 6 atom stereocenters. The number of methoxy groups -OCH3 is 2. The Balaban J connectivity index is 1.24. The van der Waals surface area contributed by atoms with Gasteiger partial charge in [0.15, 0.2) is 9.75 Å². The Morgan fingerprint density at radius 2 is 1.57 bits per heavy atom. The molecule has 1 N–H and O–H groups in total. The van der Waals surface area contributed by atoms with Crippen molar-refractivity contribution in [1.82, 2.24) is 4.90 Å². The molecule has 0 aromatic heterocycles. The Labute approximate surface area is 311 Å². The van der Waals surface area contributed by atoms with Crippen molar-refractivity contribution in [3.05, 3.63) is 89.0 Å². The number of carbonyl (C=O) groups is 4. The van der Waals surface area contributed by atoms with Gasteiger partial charge in [0.25, 0.3) is 11.8 Å². The number of likely N-dealkylation sites (tertiary alicyclic amines) is 1. The zero-order chi connectivity index (χ0) is 38.2. The van der Waals surface area contributed by atoms with E-state index in [1.807, 2.05) is 18.2 Å². The largest absolute Gasteiger partial charge is 0.573 e. The molecule has 1 saturated carbocycles. The van der Waals surface area contributed by atoms with Gasteiger partial charge in [-0.3, -0.25) is 29.0 Å². The summed E-state index contributed by atoms with van der Waals surface area (Å²) in [5, 5.41) is 11.0. The number of fused-ring (bicyclic) bond motifs is 4. The minimum atomic E-state index is -5.09. The van der Waals surface area contributed by atoms with Crippen molar-refractivity contribution in [2.24, 2.45) is 17.8 Å². The van der Waals surface area contributed by atoms with Gasteiger partial charge in [-0.1, -0.05) is 35.9 Å². The molecule has 2 aliphatic heterocycles. The predicted octanol–water partition coefficient (Wildman–Crippen LogP) is 6.67. The molecular formula is C38H31Cl2F3N2O8. The first kappa shape index (κ1) is 36.4. The minimum absolute atomic E-state index is 0.0109. The molecule has 15 heteroatoms. The molecule has 276 valence electrons. The van der Waals surface area contributed by atoms with Crippen LogP contribution >= 0.6 is 23.2 Å². The average molecular weight is 772 g/mol. The number of rotatable bonds is 7. The number of nitrogens with zero attached hydrogens (tertiary/aromatic N) is 2. The summed E-state index contributed by atoms with van der Waals surface area (Å²) in [6, 6.07) is 14.8. The molecule has 2 heterocycles. The first-order chi connectivity index (χ1) is 25.0. The van der Waals surface area contributed by atoms with Crippen molar-refractivity contribution in [1.29, 1.82) is 0 Å². The summed E-state index contributed by atoms with van der Waals surface area (Å²) in [5.74, 6) is -7.24. The van der Waals surface area contributed by atoms with E-state index in [0.29, 0.717) is 22.8 Å². The lowest BCUT2D eigenvalue weighted by Crippen LogP contribution is -2.60. The zero-order valence-corrected chi connectivity index (χ0v) is 29.8. The highest BCUT2D eigenvalue weighted by Gasteiger charge is 2.76. The van der Waals surface area contributed by atoms with Gasteiger partial charge in [-0.25, -0.2) is 0 Å². The van der Waals surface area contributed by atoms with Crippen LogP contribution in [0.2, 0.25) is 0 Å². The SMILES string of the molecule is COc1ccc(OC)c(C=Cc2ccc(N3C(=O)[C@H]4[C@H](CC=C5[C@H]4C[C@@]4(Cl)C(=O)N(C)C(=O)[C@@]4(Cl)[C@H]5c4cc(OC(F)(F)F)ccc4O)C3=O)cc2)c1. The number of amides is 4. The second-order valence-corrected chi connectivity index (χ2v) is 14.6. The lowest BCUT2D eigenvalue weighted by molar-refractivity contribution is -0.274. The normalized spacial score (nSPS) is 28.2. The van der Waals surface area contributed by atoms with Crippen LogP contribution in [0.3, 0.4) is 0 Å². The molecule has 4 amide bonds. The van der Waals surface area contributed by atoms with Crippen molar-refractivity contribution in [2.45, 2.75) is 34.9 Å². The van der Waals surface area contributed by atoms with Crippen molar-refractivity contribution >= 4 is 64.7 Å². The highest BCUT2D eigenvalue weighted by molar-refractivity contribution is 6.53. The molecule has 0 radical (unpaired) electrons. The lowest BCUT2D eigenvalue weighted by Gasteiger charge is -2.50. The summed E-state index contributed by atoms with van der Waals surface area (Å²) in [6.45, 7) is 0. The highest BCUT2D eigenvalue weighted by Crippen LogP contribution is 2.66. The molecule has 0 unspecified atom stereocenters. The molecule has 4 aliphatic rings. The van der Waals surface area contributed by atoms with Gasteiger partial charge in [0, 0.05) is 24.1 Å². The second kappa shape index (κ2) is 12.8. The van der Waals surface area contributed by atoms with E-state index in [2.05, 4.69) is 4.74 Å². The second-order valence-electron chi connectivity index (χ2n) is 13.3. The fourth-order valence-electron chi connectivity index (χ4n) is 8.20. The molecule has 53 heavy (non-hydrogen) atoms. The maximum Gasteiger partial charge on any atom is 0.573 e. The Bertz CT molecular complexity index is 2120. The fraction of sp³-hybridized carbons (Fsp3) is 0.316. The van der Waals surface area contributed by atoms with E-state index in [0.717, 1.165) is 39.1 Å². The third-order valence-corrected chi connectivity index (χ3v) is 12.0. The monoisotopic (exact) mass is 770 g/mol. The standard InChI is InChI=1S/C38H31Cl2F3N2O8/c1-44-34(49)36(39)18-27-24(31(37(36,40)35(44)50)26-17-23(10-14-28(26)46)53-38(41,42)43)12-13-25-30(27)33(48)45(32(25)47)21-8-5-19(6-9-21)4-7-20-16-22(51-2)11-15-29(20)52-3/h4-12,14-17,25,27,30-31,46H,13,18H2,1-3H3/t25-,27+,30-,31+,36+,37-/m0/s1. The van der Waals surface area contributed by atoms with E-state index in [9.17, 15) is 37.5 Å². The molecule has 2 aliphatic carbocycles. The van der Waals surface area contributed by atoms with Gasteiger partial charge >= 0.3 is 6.36 Å². The number of phenols is 1. The van der Waals surface area contributed by atoms with Crippen LogP contribution in [0.4, 0.5) is 18.9 Å². The molecule has 0 spiro atoms. The summed E-state index contributed by atoms with van der Waals surface area (Å²) in [5.41, 5.74) is 1.85. The van der Waals surface area contributed by atoms with E-state index in [1.165, 1.54) is 7.05 Å². The Kier molecular flexibility index (Phi) is 8.80. The summed E-state index contributed by atoms with van der Waals surface area (Å²) < 4.78 is 54.6. The number of aromatic hydroxyl groups is 1. The third-order valence-electron chi connectivity index (χ3n) is 10.6. The number of hydrogen-bond donors (Lipinski definition) is 1. The van der Waals surface area contributed by atoms with Gasteiger partial charge in [-0.15, -0.1) is 36.4 Å². The molecule has 3 aromatic carbocycles. The lowest BCUT2D eigenvalue weighted by atomic mass is 9.56.